The summed E-state index contributed by atoms with van der Waals surface area (Å²) in [7, 11) is 0. The van der Waals surface area contributed by atoms with Gasteiger partial charge in [0.15, 0.2) is 0 Å². The van der Waals surface area contributed by atoms with Crippen LogP contribution in [0.5, 0.6) is 5.75 Å². The summed E-state index contributed by atoms with van der Waals surface area (Å²) < 4.78 is 72.3. The number of hydrogen-bond donors (Lipinski definition) is 0. The first-order valence-electron chi connectivity index (χ1n) is 6.29. The van der Waals surface area contributed by atoms with E-state index in [-0.39, 0.29) is 34.9 Å². The highest BCUT2D eigenvalue weighted by Gasteiger charge is 2.49. The van der Waals surface area contributed by atoms with Crippen molar-refractivity contribution in [2.24, 2.45) is 0 Å². The Hall–Kier alpha value is -1.35. The van der Waals surface area contributed by atoms with E-state index < -0.39 is 30.1 Å². The molecule has 1 aliphatic carbocycles. The van der Waals surface area contributed by atoms with Gasteiger partial charge in [-0.2, -0.15) is 8.78 Å². The normalized spacial score (nSPS) is 16.7. The van der Waals surface area contributed by atoms with Crippen LogP contribution in [-0.4, -0.2) is 24.7 Å². The van der Waals surface area contributed by atoms with Gasteiger partial charge in [0.05, 0.1) is 6.61 Å². The molecule has 3 nitrogen and oxygen atoms in total. The predicted molar refractivity (Wildman–Crippen MR) is 68.2 cm³/mol. The summed E-state index contributed by atoms with van der Waals surface area (Å²) in [5.74, 6) is -5.09. The molecule has 0 amide bonds. The molecule has 0 heterocycles. The third kappa shape index (κ3) is 3.52. The average molecular weight is 342 g/mol. The second-order valence-corrected chi connectivity index (χ2v) is 5.36. The Morgan fingerprint density at radius 2 is 2.00 bits per heavy atom. The van der Waals surface area contributed by atoms with Crippen LogP contribution in [0.15, 0.2) is 17.0 Å². The van der Waals surface area contributed by atoms with E-state index >= 15 is 0 Å². The number of hydrogen-bond acceptors (Lipinski definition) is 4. The maximum absolute atomic E-state index is 13.6. The Kier molecular flexibility index (Phi) is 4.67. The highest BCUT2D eigenvalue weighted by atomic mass is 32.2. The predicted octanol–water partition coefficient (Wildman–Crippen LogP) is 4.39. The molecule has 0 aromatic heterocycles. The van der Waals surface area contributed by atoms with Crippen LogP contribution in [0.1, 0.15) is 29.3 Å². The number of benzene rings is 1. The quantitative estimate of drug-likeness (QED) is 0.587. The Balaban J connectivity index is 2.38. The zero-order valence-corrected chi connectivity index (χ0v) is 12.1. The molecule has 122 valence electrons. The highest BCUT2D eigenvalue weighted by Crippen LogP contribution is 2.44. The zero-order chi connectivity index (χ0) is 16.5. The molecule has 1 aliphatic rings. The molecule has 0 N–H and O–H groups in total. The van der Waals surface area contributed by atoms with Gasteiger partial charge in [-0.3, -0.25) is 4.79 Å². The molecule has 1 aromatic carbocycles. The smallest absolute Gasteiger partial charge is 0.493 e. The highest BCUT2D eigenvalue weighted by molar-refractivity contribution is 7.94. The first kappa shape index (κ1) is 17.0. The van der Waals surface area contributed by atoms with Crippen molar-refractivity contribution in [3.05, 3.63) is 23.3 Å². The van der Waals surface area contributed by atoms with E-state index in [9.17, 15) is 26.7 Å². The second kappa shape index (κ2) is 6.04. The molecule has 0 bridgehead atoms. The van der Waals surface area contributed by atoms with Crippen molar-refractivity contribution in [3.8, 4) is 5.75 Å². The molecule has 0 fully saturated rings. The van der Waals surface area contributed by atoms with Gasteiger partial charge in [-0.05, 0) is 18.6 Å². The number of ether oxygens (including phenoxy) is 1. The lowest BCUT2D eigenvalue weighted by Gasteiger charge is -2.12. The molecule has 1 aromatic rings. The van der Waals surface area contributed by atoms with E-state index in [0.717, 1.165) is 6.07 Å². The minimum absolute atomic E-state index is 0.0822. The minimum atomic E-state index is -4.95. The zero-order valence-electron chi connectivity index (χ0n) is 11.3. The van der Waals surface area contributed by atoms with E-state index in [4.69, 9.17) is 4.74 Å². The molecule has 2 rings (SSSR count). The minimum Gasteiger partial charge on any atom is -0.493 e. The van der Waals surface area contributed by atoms with E-state index in [1.807, 2.05) is 0 Å². The monoisotopic (exact) mass is 342 g/mol. The fourth-order valence-corrected chi connectivity index (χ4v) is 2.63. The average Bonchev–Trinajstić information content (AvgIpc) is 2.65. The van der Waals surface area contributed by atoms with E-state index in [0.29, 0.717) is 6.42 Å². The first-order chi connectivity index (χ1) is 10.2. The van der Waals surface area contributed by atoms with E-state index in [2.05, 4.69) is 4.18 Å². The largest absolute Gasteiger partial charge is 0.533 e. The number of alkyl halides is 5. The Morgan fingerprint density at radius 1 is 1.32 bits per heavy atom. The lowest BCUT2D eigenvalue weighted by Crippen LogP contribution is -2.24. The van der Waals surface area contributed by atoms with Gasteiger partial charge >= 0.3 is 12.3 Å². The summed E-state index contributed by atoms with van der Waals surface area (Å²) in [6.07, 6.45) is -5.22. The van der Waals surface area contributed by atoms with Crippen LogP contribution in [-0.2, 0) is 10.6 Å². The molecule has 0 radical (unpaired) electrons. The van der Waals surface area contributed by atoms with Gasteiger partial charge in [-0.15, -0.1) is 13.2 Å². The number of fused-ring (bicyclic) bond motifs is 1. The Morgan fingerprint density at radius 3 is 2.59 bits per heavy atom. The van der Waals surface area contributed by atoms with Crippen LogP contribution >= 0.6 is 12.0 Å². The number of Topliss-reactive ketones (excluding diaryl/α,β-unsaturated/α-hetero) is 1. The molecule has 0 saturated carbocycles. The number of carbonyl (C=O) groups is 1. The SMILES string of the molecule is CCCOc1ccc(SOC(F)(F)F)c2c1CC(F)(F)C2=O. The summed E-state index contributed by atoms with van der Waals surface area (Å²) in [4.78, 5) is 11.4. The molecule has 0 spiro atoms. The topological polar surface area (TPSA) is 35.5 Å². The summed E-state index contributed by atoms with van der Waals surface area (Å²) >= 11 is -0.165. The van der Waals surface area contributed by atoms with Crippen molar-refractivity contribution < 1.29 is 35.7 Å². The summed E-state index contributed by atoms with van der Waals surface area (Å²) in [5, 5.41) is 0. The third-order valence-corrected chi connectivity index (χ3v) is 3.67. The maximum atomic E-state index is 13.6. The summed E-state index contributed by atoms with van der Waals surface area (Å²) in [6.45, 7) is 2.05. The van der Waals surface area contributed by atoms with Crippen LogP contribution in [0.2, 0.25) is 0 Å². The Bertz CT molecular complexity index is 586. The van der Waals surface area contributed by atoms with Crippen LogP contribution in [0.25, 0.3) is 0 Å². The standard InChI is InChI=1S/C13H11F5O3S/c1-2-5-20-8-3-4-9(22-21-13(16,17)18)10-7(8)6-12(14,15)11(10)19/h3-4H,2,5-6H2,1H3. The third-order valence-electron chi connectivity index (χ3n) is 2.88. The molecule has 9 heteroatoms. The van der Waals surface area contributed by atoms with E-state index in [1.165, 1.54) is 6.07 Å². The van der Waals surface area contributed by atoms with Gasteiger partial charge in [-0.1, -0.05) is 6.92 Å². The summed E-state index contributed by atoms with van der Waals surface area (Å²) in [5.41, 5.74) is -0.549. The fourth-order valence-electron chi connectivity index (χ4n) is 2.03. The van der Waals surface area contributed by atoms with Gasteiger partial charge < -0.3 is 4.74 Å². The van der Waals surface area contributed by atoms with Gasteiger partial charge in [0.25, 0.3) is 0 Å². The van der Waals surface area contributed by atoms with Crippen LogP contribution < -0.4 is 4.74 Å². The first-order valence-corrected chi connectivity index (χ1v) is 7.03. The van der Waals surface area contributed by atoms with Gasteiger partial charge in [0.1, 0.15) is 5.75 Å². The van der Waals surface area contributed by atoms with Crippen molar-refractivity contribution in [3.63, 3.8) is 0 Å². The number of carbonyl (C=O) groups excluding carboxylic acids is 1. The second-order valence-electron chi connectivity index (χ2n) is 4.59. The van der Waals surface area contributed by atoms with Crippen molar-refractivity contribution in [2.75, 3.05) is 6.61 Å². The molecular weight excluding hydrogens is 331 g/mol. The number of halogens is 5. The van der Waals surface area contributed by atoms with Crippen LogP contribution in [0.4, 0.5) is 22.0 Å². The van der Waals surface area contributed by atoms with Gasteiger partial charge in [-0.25, -0.2) is 4.18 Å². The molecule has 0 atom stereocenters. The molecule has 0 saturated heterocycles. The maximum Gasteiger partial charge on any atom is 0.533 e. The molecule has 22 heavy (non-hydrogen) atoms. The number of rotatable bonds is 5. The van der Waals surface area contributed by atoms with Gasteiger partial charge in [0, 0.05) is 34.5 Å². The summed E-state index contributed by atoms with van der Waals surface area (Å²) in [6, 6.07) is 2.38. The van der Waals surface area contributed by atoms with Gasteiger partial charge in [0.2, 0.25) is 5.78 Å². The van der Waals surface area contributed by atoms with Crippen molar-refractivity contribution in [1.29, 1.82) is 0 Å². The molecular formula is C13H11F5O3S. The lowest BCUT2D eigenvalue weighted by atomic mass is 10.1. The van der Waals surface area contributed by atoms with Crippen molar-refractivity contribution >= 4 is 17.8 Å². The lowest BCUT2D eigenvalue weighted by molar-refractivity contribution is -0.266. The van der Waals surface area contributed by atoms with E-state index in [1.54, 1.807) is 6.92 Å². The Labute approximate surface area is 127 Å². The fraction of sp³-hybridized carbons (Fsp3) is 0.462. The number of ketones is 1. The molecule has 0 aliphatic heterocycles. The van der Waals surface area contributed by atoms with Crippen molar-refractivity contribution in [2.45, 2.75) is 36.9 Å². The van der Waals surface area contributed by atoms with Crippen molar-refractivity contribution in [1.82, 2.24) is 0 Å². The van der Waals surface area contributed by atoms with Crippen LogP contribution in [0, 0.1) is 0 Å². The molecule has 0 unspecified atom stereocenters. The van der Waals surface area contributed by atoms with Crippen LogP contribution in [0.3, 0.4) is 0 Å².